The molecule has 0 aliphatic carbocycles. The quantitative estimate of drug-likeness (QED) is 0.765. The van der Waals surface area contributed by atoms with E-state index in [-0.39, 0.29) is 6.04 Å². The van der Waals surface area contributed by atoms with Crippen LogP contribution < -0.4 is 5.32 Å². The molecule has 1 aromatic heterocycles. The Hall–Kier alpha value is -0.0600. The Kier molecular flexibility index (Phi) is 4.73. The molecule has 0 saturated heterocycles. The normalized spacial score (nSPS) is 12.7. The highest BCUT2D eigenvalue weighted by Gasteiger charge is 2.18. The molecule has 0 fully saturated rings. The number of hydrogen-bond acceptors (Lipinski definition) is 2. The van der Waals surface area contributed by atoms with Gasteiger partial charge in [0, 0.05) is 10.0 Å². The standard InChI is InChI=1S/C13H12BrCl2NS/c1-7-3-8(5-9(14)4-7)12(17-2)10-6-11(15)18-13(10)16/h3-6,12,17H,1-2H3. The maximum atomic E-state index is 6.23. The van der Waals surface area contributed by atoms with Crippen molar-refractivity contribution in [1.29, 1.82) is 0 Å². The predicted molar refractivity (Wildman–Crippen MR) is 84.1 cm³/mol. The third kappa shape index (κ3) is 3.09. The van der Waals surface area contributed by atoms with Gasteiger partial charge in [0.05, 0.1) is 14.7 Å². The molecule has 2 aromatic rings. The van der Waals surface area contributed by atoms with Crippen LogP contribution >= 0.6 is 50.5 Å². The molecule has 2 rings (SSSR count). The van der Waals surface area contributed by atoms with Crippen LogP contribution in [0.4, 0.5) is 0 Å². The first-order chi connectivity index (χ1) is 8.51. The summed E-state index contributed by atoms with van der Waals surface area (Å²) in [7, 11) is 1.92. The molecule has 1 unspecified atom stereocenters. The minimum absolute atomic E-state index is 0.0532. The SMILES string of the molecule is CNC(c1cc(C)cc(Br)c1)c1cc(Cl)sc1Cl. The van der Waals surface area contributed by atoms with E-state index < -0.39 is 0 Å². The van der Waals surface area contributed by atoms with Gasteiger partial charge in [-0.15, -0.1) is 11.3 Å². The van der Waals surface area contributed by atoms with Crippen molar-refractivity contribution in [2.75, 3.05) is 7.05 Å². The van der Waals surface area contributed by atoms with Crippen LogP contribution in [0.5, 0.6) is 0 Å². The summed E-state index contributed by atoms with van der Waals surface area (Å²) >= 11 is 17.2. The highest BCUT2D eigenvalue weighted by molar-refractivity contribution is 9.10. The predicted octanol–water partition coefficient (Wildman–Crippen LogP) is 5.43. The van der Waals surface area contributed by atoms with Gasteiger partial charge in [-0.2, -0.15) is 0 Å². The van der Waals surface area contributed by atoms with Crippen molar-refractivity contribution >= 4 is 50.5 Å². The Morgan fingerprint density at radius 3 is 2.44 bits per heavy atom. The van der Waals surface area contributed by atoms with Crippen LogP contribution in [0, 0.1) is 6.92 Å². The van der Waals surface area contributed by atoms with Gasteiger partial charge in [0.2, 0.25) is 0 Å². The Labute approximate surface area is 129 Å². The van der Waals surface area contributed by atoms with Crippen LogP contribution in [-0.4, -0.2) is 7.05 Å². The van der Waals surface area contributed by atoms with E-state index in [2.05, 4.69) is 46.4 Å². The van der Waals surface area contributed by atoms with Crippen molar-refractivity contribution < 1.29 is 0 Å². The van der Waals surface area contributed by atoms with Gasteiger partial charge in [0.1, 0.15) is 0 Å². The fraction of sp³-hybridized carbons (Fsp3) is 0.231. The molecule has 18 heavy (non-hydrogen) atoms. The lowest BCUT2D eigenvalue weighted by molar-refractivity contribution is 0.693. The van der Waals surface area contributed by atoms with Gasteiger partial charge in [-0.05, 0) is 43.3 Å². The van der Waals surface area contributed by atoms with Crippen molar-refractivity contribution in [3.8, 4) is 0 Å². The van der Waals surface area contributed by atoms with Crippen molar-refractivity contribution in [2.24, 2.45) is 0 Å². The molecule has 1 aromatic carbocycles. The molecule has 0 aliphatic rings. The van der Waals surface area contributed by atoms with E-state index in [9.17, 15) is 0 Å². The third-order valence-corrected chi connectivity index (χ3v) is 4.66. The lowest BCUT2D eigenvalue weighted by Crippen LogP contribution is -2.17. The van der Waals surface area contributed by atoms with E-state index in [0.29, 0.717) is 4.34 Å². The molecule has 96 valence electrons. The van der Waals surface area contributed by atoms with Crippen LogP contribution in [0.1, 0.15) is 22.7 Å². The zero-order chi connectivity index (χ0) is 13.3. The molecule has 0 spiro atoms. The number of aryl methyl sites for hydroxylation is 1. The summed E-state index contributed by atoms with van der Waals surface area (Å²) in [6.07, 6.45) is 0. The first kappa shape index (κ1) is 14.4. The first-order valence-corrected chi connectivity index (χ1v) is 7.77. The minimum atomic E-state index is 0.0532. The number of thiophene rings is 1. The highest BCUT2D eigenvalue weighted by atomic mass is 79.9. The number of nitrogens with one attached hydrogen (secondary N) is 1. The van der Waals surface area contributed by atoms with Gasteiger partial charge in [-0.1, -0.05) is 45.2 Å². The average Bonchev–Trinajstić information content (AvgIpc) is 2.58. The zero-order valence-corrected chi connectivity index (χ0v) is 13.8. The number of hydrogen-bond donors (Lipinski definition) is 1. The van der Waals surface area contributed by atoms with E-state index in [0.717, 1.165) is 14.4 Å². The second-order valence-electron chi connectivity index (χ2n) is 4.06. The fourth-order valence-electron chi connectivity index (χ4n) is 1.98. The van der Waals surface area contributed by atoms with E-state index in [1.54, 1.807) is 0 Å². The van der Waals surface area contributed by atoms with Gasteiger partial charge >= 0.3 is 0 Å². The van der Waals surface area contributed by atoms with Gasteiger partial charge in [-0.3, -0.25) is 0 Å². The lowest BCUT2D eigenvalue weighted by atomic mass is 10.00. The van der Waals surface area contributed by atoms with Crippen LogP contribution in [0.15, 0.2) is 28.7 Å². The van der Waals surface area contributed by atoms with Gasteiger partial charge in [0.25, 0.3) is 0 Å². The second-order valence-corrected chi connectivity index (χ2v) is 7.26. The Morgan fingerprint density at radius 2 is 1.94 bits per heavy atom. The lowest BCUT2D eigenvalue weighted by Gasteiger charge is -2.17. The van der Waals surface area contributed by atoms with Crippen LogP contribution in [0.25, 0.3) is 0 Å². The maximum absolute atomic E-state index is 6.23. The molecule has 5 heteroatoms. The molecular weight excluding hydrogens is 353 g/mol. The van der Waals surface area contributed by atoms with Crippen molar-refractivity contribution in [2.45, 2.75) is 13.0 Å². The van der Waals surface area contributed by atoms with Crippen LogP contribution in [0.3, 0.4) is 0 Å². The van der Waals surface area contributed by atoms with Crippen molar-refractivity contribution in [3.05, 3.63) is 54.1 Å². The zero-order valence-electron chi connectivity index (χ0n) is 9.93. The molecule has 0 amide bonds. The molecule has 0 bridgehead atoms. The molecule has 1 heterocycles. The molecule has 1 nitrogen and oxygen atoms in total. The van der Waals surface area contributed by atoms with Gasteiger partial charge in [-0.25, -0.2) is 0 Å². The maximum Gasteiger partial charge on any atom is 0.0995 e. The molecular formula is C13H12BrCl2NS. The van der Waals surface area contributed by atoms with E-state index in [1.807, 2.05) is 13.1 Å². The van der Waals surface area contributed by atoms with E-state index >= 15 is 0 Å². The molecule has 0 radical (unpaired) electrons. The van der Waals surface area contributed by atoms with Crippen LogP contribution in [0.2, 0.25) is 8.67 Å². The highest BCUT2D eigenvalue weighted by Crippen LogP contribution is 2.37. The Morgan fingerprint density at radius 1 is 1.22 bits per heavy atom. The first-order valence-electron chi connectivity index (χ1n) is 5.40. The summed E-state index contributed by atoms with van der Waals surface area (Å²) in [5, 5.41) is 3.29. The van der Waals surface area contributed by atoms with E-state index in [1.165, 1.54) is 22.5 Å². The number of halogens is 3. The monoisotopic (exact) mass is 363 g/mol. The summed E-state index contributed by atoms with van der Waals surface area (Å²) < 4.78 is 2.51. The van der Waals surface area contributed by atoms with Gasteiger partial charge < -0.3 is 5.32 Å². The van der Waals surface area contributed by atoms with Crippen molar-refractivity contribution in [3.63, 3.8) is 0 Å². The summed E-state index contributed by atoms with van der Waals surface area (Å²) in [5.41, 5.74) is 3.39. The number of rotatable bonds is 3. The Balaban J connectivity index is 2.48. The Bertz CT molecular complexity index is 548. The number of benzene rings is 1. The molecule has 1 N–H and O–H groups in total. The largest absolute Gasteiger partial charge is 0.309 e. The molecule has 1 atom stereocenters. The summed E-state index contributed by atoms with van der Waals surface area (Å²) in [4.78, 5) is 0. The van der Waals surface area contributed by atoms with Crippen molar-refractivity contribution in [1.82, 2.24) is 5.32 Å². The van der Waals surface area contributed by atoms with Gasteiger partial charge in [0.15, 0.2) is 0 Å². The topological polar surface area (TPSA) is 12.0 Å². The third-order valence-electron chi connectivity index (χ3n) is 2.68. The molecule has 0 aliphatic heterocycles. The molecule has 0 saturated carbocycles. The summed E-state index contributed by atoms with van der Waals surface area (Å²) in [5.74, 6) is 0. The minimum Gasteiger partial charge on any atom is -0.309 e. The smallest absolute Gasteiger partial charge is 0.0995 e. The fourth-order valence-corrected chi connectivity index (χ4v) is 4.14. The average molecular weight is 365 g/mol. The van der Waals surface area contributed by atoms with Crippen LogP contribution in [-0.2, 0) is 0 Å². The summed E-state index contributed by atoms with van der Waals surface area (Å²) in [6.45, 7) is 2.07. The second kappa shape index (κ2) is 5.93. The van der Waals surface area contributed by atoms with E-state index in [4.69, 9.17) is 23.2 Å². The summed E-state index contributed by atoms with van der Waals surface area (Å²) in [6, 6.07) is 8.30.